The van der Waals surface area contributed by atoms with Crippen LogP contribution in [0.3, 0.4) is 0 Å². The van der Waals surface area contributed by atoms with Gasteiger partial charge in [0.2, 0.25) is 0 Å². The summed E-state index contributed by atoms with van der Waals surface area (Å²) in [5.74, 6) is 0. The summed E-state index contributed by atoms with van der Waals surface area (Å²) in [7, 11) is -0.696. The molecular formula is C28H30P2. The Balaban J connectivity index is 0.00000124. The average Bonchev–Trinajstić information content (AvgIpc) is 2.85. The molecule has 4 rings (SSSR count). The Morgan fingerprint density at radius 3 is 0.767 bits per heavy atom. The van der Waals surface area contributed by atoms with E-state index < -0.39 is 0 Å². The number of hydrogen-bond donors (Lipinski definition) is 0. The summed E-state index contributed by atoms with van der Waals surface area (Å²) < 4.78 is 0. The topological polar surface area (TPSA) is 0 Å². The minimum atomic E-state index is -0.348. The van der Waals surface area contributed by atoms with Gasteiger partial charge in [-0.3, -0.25) is 0 Å². The van der Waals surface area contributed by atoms with Gasteiger partial charge in [-0.1, -0.05) is 135 Å². The lowest BCUT2D eigenvalue weighted by molar-refractivity contribution is 1.50. The van der Waals surface area contributed by atoms with E-state index in [1.54, 1.807) is 0 Å². The third-order valence-corrected chi connectivity index (χ3v) is 10.2. The van der Waals surface area contributed by atoms with E-state index in [0.29, 0.717) is 0 Å². The zero-order valence-electron chi connectivity index (χ0n) is 17.9. The molecule has 0 bridgehead atoms. The van der Waals surface area contributed by atoms with Crippen molar-refractivity contribution in [2.75, 3.05) is 12.3 Å². The molecule has 0 unspecified atom stereocenters. The molecule has 0 nitrogen and oxygen atoms in total. The van der Waals surface area contributed by atoms with Crippen LogP contribution in [0.4, 0.5) is 0 Å². The fourth-order valence-corrected chi connectivity index (χ4v) is 8.80. The van der Waals surface area contributed by atoms with E-state index in [0.717, 1.165) is 0 Å². The van der Waals surface area contributed by atoms with Crippen molar-refractivity contribution >= 4 is 37.1 Å². The first-order valence-corrected chi connectivity index (χ1v) is 13.7. The van der Waals surface area contributed by atoms with Crippen LogP contribution in [-0.4, -0.2) is 12.3 Å². The van der Waals surface area contributed by atoms with Crippen LogP contribution in [0, 0.1) is 0 Å². The molecular weight excluding hydrogens is 398 g/mol. The van der Waals surface area contributed by atoms with E-state index in [1.807, 2.05) is 13.8 Å². The van der Waals surface area contributed by atoms with Crippen LogP contribution in [0.1, 0.15) is 13.8 Å². The third kappa shape index (κ3) is 6.12. The van der Waals surface area contributed by atoms with Crippen LogP contribution >= 0.6 is 15.8 Å². The Morgan fingerprint density at radius 1 is 0.367 bits per heavy atom. The predicted octanol–water partition coefficient (Wildman–Crippen LogP) is 6.28. The standard InChI is InChI=1S/C26H24P2.C2H6/c1-5-13-23(14-6-1)27(24-15-7-2-8-16-24)21-22-28(25-17-9-3-10-18-25)26-19-11-4-12-20-26;1-2/h1-20H,21-22H2;1-2H3. The van der Waals surface area contributed by atoms with Gasteiger partial charge >= 0.3 is 0 Å². The van der Waals surface area contributed by atoms with Gasteiger partial charge in [-0.2, -0.15) is 0 Å². The maximum absolute atomic E-state index is 2.30. The molecule has 0 saturated carbocycles. The minimum absolute atomic E-state index is 0.348. The van der Waals surface area contributed by atoms with Crippen LogP contribution in [0.15, 0.2) is 121 Å². The summed E-state index contributed by atoms with van der Waals surface area (Å²) in [4.78, 5) is 0. The molecule has 2 heteroatoms. The highest BCUT2D eigenvalue weighted by atomic mass is 31.1. The second-order valence-electron chi connectivity index (χ2n) is 6.65. The molecule has 152 valence electrons. The third-order valence-electron chi connectivity index (χ3n) is 4.82. The van der Waals surface area contributed by atoms with Crippen molar-refractivity contribution in [1.82, 2.24) is 0 Å². The summed E-state index contributed by atoms with van der Waals surface area (Å²) in [6.07, 6.45) is 2.41. The molecule has 4 aromatic rings. The lowest BCUT2D eigenvalue weighted by Gasteiger charge is -2.24. The molecule has 0 aliphatic rings. The molecule has 0 aliphatic heterocycles. The van der Waals surface area contributed by atoms with Crippen LogP contribution in [-0.2, 0) is 0 Å². The molecule has 0 heterocycles. The maximum atomic E-state index is 2.30. The van der Waals surface area contributed by atoms with Gasteiger partial charge < -0.3 is 0 Å². The minimum Gasteiger partial charge on any atom is -0.0683 e. The molecule has 0 N–H and O–H groups in total. The molecule has 4 aromatic carbocycles. The van der Waals surface area contributed by atoms with Crippen LogP contribution < -0.4 is 21.2 Å². The molecule has 30 heavy (non-hydrogen) atoms. The summed E-state index contributed by atoms with van der Waals surface area (Å²) in [6, 6.07) is 44.2. The van der Waals surface area contributed by atoms with Crippen molar-refractivity contribution in [2.45, 2.75) is 13.8 Å². The van der Waals surface area contributed by atoms with Gasteiger partial charge in [0.15, 0.2) is 0 Å². The monoisotopic (exact) mass is 428 g/mol. The second-order valence-corrected chi connectivity index (χ2v) is 11.3. The van der Waals surface area contributed by atoms with Crippen LogP contribution in [0.25, 0.3) is 0 Å². The van der Waals surface area contributed by atoms with Crippen molar-refractivity contribution in [3.05, 3.63) is 121 Å². The molecule has 0 aliphatic carbocycles. The summed E-state index contributed by atoms with van der Waals surface area (Å²) in [6.45, 7) is 4.00. The molecule has 0 fully saturated rings. The molecule has 0 amide bonds. The van der Waals surface area contributed by atoms with Gasteiger partial charge in [-0.05, 0) is 49.4 Å². The van der Waals surface area contributed by atoms with E-state index >= 15 is 0 Å². The van der Waals surface area contributed by atoms with Gasteiger partial charge in [0.1, 0.15) is 0 Å². The molecule has 0 spiro atoms. The Hall–Kier alpha value is -2.26. The fraction of sp³-hybridized carbons (Fsp3) is 0.143. The summed E-state index contributed by atoms with van der Waals surface area (Å²) in [5, 5.41) is 5.89. The lowest BCUT2D eigenvalue weighted by atomic mass is 10.4. The van der Waals surface area contributed by atoms with E-state index in [-0.39, 0.29) is 15.8 Å². The zero-order valence-corrected chi connectivity index (χ0v) is 19.6. The quantitative estimate of drug-likeness (QED) is 0.304. The van der Waals surface area contributed by atoms with Crippen LogP contribution in [0.5, 0.6) is 0 Å². The smallest absolute Gasteiger partial charge is 0.0195 e. The number of rotatable bonds is 7. The normalized spacial score (nSPS) is 10.5. The molecule has 0 saturated heterocycles. The van der Waals surface area contributed by atoms with E-state index in [2.05, 4.69) is 121 Å². The van der Waals surface area contributed by atoms with E-state index in [9.17, 15) is 0 Å². The highest BCUT2D eigenvalue weighted by Gasteiger charge is 2.18. The van der Waals surface area contributed by atoms with E-state index in [1.165, 1.54) is 33.5 Å². The lowest BCUT2D eigenvalue weighted by Crippen LogP contribution is -2.19. The van der Waals surface area contributed by atoms with Crippen molar-refractivity contribution in [3.63, 3.8) is 0 Å². The second kappa shape index (κ2) is 12.4. The Morgan fingerprint density at radius 2 is 0.567 bits per heavy atom. The first-order valence-electron chi connectivity index (χ1n) is 10.7. The average molecular weight is 428 g/mol. The molecule has 0 atom stereocenters. The first-order chi connectivity index (χ1) is 14.9. The highest BCUT2D eigenvalue weighted by Crippen LogP contribution is 2.41. The predicted molar refractivity (Wildman–Crippen MR) is 139 cm³/mol. The fourth-order valence-electron chi connectivity index (χ4n) is 3.45. The maximum Gasteiger partial charge on any atom is -0.0195 e. The SMILES string of the molecule is CC.c1ccc(P(CCP(c2ccccc2)c2ccccc2)c2ccccc2)cc1. The zero-order chi connectivity index (χ0) is 21.0. The Kier molecular flexibility index (Phi) is 9.30. The number of hydrogen-bond acceptors (Lipinski definition) is 0. The van der Waals surface area contributed by atoms with E-state index in [4.69, 9.17) is 0 Å². The first kappa shape index (κ1) is 22.4. The summed E-state index contributed by atoms with van der Waals surface area (Å²) >= 11 is 0. The molecule has 0 radical (unpaired) electrons. The Bertz CT molecular complexity index is 792. The van der Waals surface area contributed by atoms with Gasteiger partial charge in [0, 0.05) is 0 Å². The van der Waals surface area contributed by atoms with Crippen molar-refractivity contribution in [3.8, 4) is 0 Å². The van der Waals surface area contributed by atoms with Crippen LogP contribution in [0.2, 0.25) is 0 Å². The van der Waals surface area contributed by atoms with Gasteiger partial charge in [0.05, 0.1) is 0 Å². The largest absolute Gasteiger partial charge is 0.0683 e. The van der Waals surface area contributed by atoms with Crippen molar-refractivity contribution in [1.29, 1.82) is 0 Å². The van der Waals surface area contributed by atoms with Crippen molar-refractivity contribution in [2.24, 2.45) is 0 Å². The Labute approximate surface area is 184 Å². The van der Waals surface area contributed by atoms with Crippen molar-refractivity contribution < 1.29 is 0 Å². The highest BCUT2D eigenvalue weighted by molar-refractivity contribution is 7.76. The van der Waals surface area contributed by atoms with Gasteiger partial charge in [-0.25, -0.2) is 0 Å². The summed E-state index contributed by atoms with van der Waals surface area (Å²) in [5.41, 5.74) is 0. The molecule has 0 aromatic heterocycles. The number of benzene rings is 4. The van der Waals surface area contributed by atoms with Gasteiger partial charge in [0.25, 0.3) is 0 Å². The van der Waals surface area contributed by atoms with Gasteiger partial charge in [-0.15, -0.1) is 0 Å².